The second-order valence-corrected chi connectivity index (χ2v) is 11.1. The molecule has 2 aliphatic heterocycles. The van der Waals surface area contributed by atoms with Gasteiger partial charge in [0.05, 0.1) is 11.9 Å². The van der Waals surface area contributed by atoms with Crippen molar-refractivity contribution >= 4 is 21.7 Å². The molecule has 0 saturated carbocycles. The van der Waals surface area contributed by atoms with Crippen molar-refractivity contribution < 1.29 is 13.2 Å². The third-order valence-corrected chi connectivity index (χ3v) is 7.85. The summed E-state index contributed by atoms with van der Waals surface area (Å²) in [5.74, 6) is 1.21. The lowest BCUT2D eigenvalue weighted by Crippen LogP contribution is -2.45. The number of aromatic nitrogens is 2. The van der Waals surface area contributed by atoms with Crippen LogP contribution in [0.4, 0.5) is 5.95 Å². The molecule has 1 aromatic heterocycles. The van der Waals surface area contributed by atoms with Gasteiger partial charge in [-0.3, -0.25) is 4.79 Å². The minimum atomic E-state index is -3.42. The highest BCUT2D eigenvalue weighted by molar-refractivity contribution is 7.90. The first-order valence-electron chi connectivity index (χ1n) is 11.3. The van der Waals surface area contributed by atoms with E-state index >= 15 is 0 Å². The van der Waals surface area contributed by atoms with Crippen LogP contribution in [-0.4, -0.2) is 86.7 Å². The predicted octanol–water partition coefficient (Wildman–Crippen LogP) is 1.69. The van der Waals surface area contributed by atoms with Crippen molar-refractivity contribution in [2.45, 2.75) is 42.9 Å². The Labute approximate surface area is 185 Å². The molecule has 0 bridgehead atoms. The molecule has 9 heteroatoms. The van der Waals surface area contributed by atoms with Gasteiger partial charge in [-0.05, 0) is 38.6 Å². The second-order valence-electron chi connectivity index (χ2n) is 9.11. The fraction of sp³-hybridized carbons (Fsp3) is 0.682. The summed E-state index contributed by atoms with van der Waals surface area (Å²) in [6.45, 7) is 4.83. The van der Waals surface area contributed by atoms with Crippen molar-refractivity contribution in [2.24, 2.45) is 5.92 Å². The van der Waals surface area contributed by atoms with E-state index in [4.69, 9.17) is 4.98 Å². The van der Waals surface area contributed by atoms with Crippen molar-refractivity contribution in [3.05, 3.63) is 24.0 Å². The van der Waals surface area contributed by atoms with Crippen LogP contribution in [-0.2, 0) is 14.6 Å². The van der Waals surface area contributed by atoms with Crippen LogP contribution in [0.25, 0.3) is 0 Å². The zero-order valence-corrected chi connectivity index (χ0v) is 19.4. The minimum absolute atomic E-state index is 0.0226. The van der Waals surface area contributed by atoms with Gasteiger partial charge in [-0.25, -0.2) is 18.4 Å². The Bertz CT molecular complexity index is 932. The summed E-state index contributed by atoms with van der Waals surface area (Å²) in [6.07, 6.45) is 11.2. The lowest BCUT2D eigenvalue weighted by molar-refractivity contribution is -0.132. The van der Waals surface area contributed by atoms with E-state index in [9.17, 15) is 13.2 Å². The van der Waals surface area contributed by atoms with E-state index in [1.807, 2.05) is 4.90 Å². The van der Waals surface area contributed by atoms with Crippen LogP contribution >= 0.6 is 0 Å². The predicted molar refractivity (Wildman–Crippen MR) is 120 cm³/mol. The van der Waals surface area contributed by atoms with Crippen LogP contribution in [0.1, 0.15) is 43.7 Å². The first-order chi connectivity index (χ1) is 14.8. The number of hydrogen-bond donors (Lipinski definition) is 0. The molecule has 0 aromatic carbocycles. The third-order valence-electron chi connectivity index (χ3n) is 6.74. The minimum Gasteiger partial charge on any atom is -0.343 e. The molecule has 1 aromatic rings. The van der Waals surface area contributed by atoms with Gasteiger partial charge in [0, 0.05) is 57.9 Å². The van der Waals surface area contributed by atoms with Crippen molar-refractivity contribution in [2.75, 3.05) is 57.5 Å². The summed E-state index contributed by atoms with van der Waals surface area (Å²) in [7, 11) is -1.33. The number of carbonyl (C=O) groups excluding carboxylic acids is 1. The Morgan fingerprint density at radius 3 is 2.42 bits per heavy atom. The number of nitrogens with zero attached hydrogens (tertiary/aromatic N) is 5. The number of piperidine rings is 1. The SMILES string of the molecule is CN1CCN(c2ncc(S(C)(=O)=O)c(C3CCN(C(=O)C[C@@H]4C=CCC4)CC3)n2)CC1. The average Bonchev–Trinajstić information content (AvgIpc) is 3.26. The zero-order valence-electron chi connectivity index (χ0n) is 18.5. The van der Waals surface area contributed by atoms with Gasteiger partial charge >= 0.3 is 0 Å². The number of allylic oxidation sites excluding steroid dienone is 2. The largest absolute Gasteiger partial charge is 0.343 e. The molecule has 0 unspecified atom stereocenters. The van der Waals surface area contributed by atoms with Crippen molar-refractivity contribution in [1.82, 2.24) is 19.8 Å². The maximum Gasteiger partial charge on any atom is 0.225 e. The smallest absolute Gasteiger partial charge is 0.225 e. The van der Waals surface area contributed by atoms with Crippen LogP contribution in [0.5, 0.6) is 0 Å². The van der Waals surface area contributed by atoms with E-state index in [2.05, 4.69) is 34.0 Å². The number of amides is 1. The van der Waals surface area contributed by atoms with E-state index < -0.39 is 9.84 Å². The van der Waals surface area contributed by atoms with E-state index in [1.54, 1.807) is 0 Å². The fourth-order valence-electron chi connectivity index (χ4n) is 4.73. The van der Waals surface area contributed by atoms with E-state index in [-0.39, 0.29) is 16.7 Å². The molecule has 3 aliphatic rings. The number of carbonyl (C=O) groups is 1. The maximum atomic E-state index is 12.7. The third kappa shape index (κ3) is 5.26. The highest BCUT2D eigenvalue weighted by Gasteiger charge is 2.30. The standard InChI is InChI=1S/C22H33N5O3S/c1-25-11-13-27(14-12-25)22-23-16-19(31(2,29)30)21(24-22)18-7-9-26(10-8-18)20(28)15-17-5-3-4-6-17/h3,5,16-18H,4,6-15H2,1-2H3/t17-/m1/s1. The summed E-state index contributed by atoms with van der Waals surface area (Å²) < 4.78 is 24.8. The Morgan fingerprint density at radius 2 is 1.81 bits per heavy atom. The maximum absolute atomic E-state index is 12.7. The highest BCUT2D eigenvalue weighted by Crippen LogP contribution is 2.33. The van der Waals surface area contributed by atoms with Crippen molar-refractivity contribution in [1.29, 1.82) is 0 Å². The van der Waals surface area contributed by atoms with Gasteiger partial charge in [0.25, 0.3) is 0 Å². The first kappa shape index (κ1) is 22.2. The molecule has 1 amide bonds. The van der Waals surface area contributed by atoms with E-state index in [0.29, 0.717) is 37.1 Å². The van der Waals surface area contributed by atoms with Gasteiger partial charge < -0.3 is 14.7 Å². The van der Waals surface area contributed by atoms with Gasteiger partial charge in [-0.2, -0.15) is 0 Å². The Morgan fingerprint density at radius 1 is 1.10 bits per heavy atom. The number of hydrogen-bond acceptors (Lipinski definition) is 7. The van der Waals surface area contributed by atoms with E-state index in [1.165, 1.54) is 12.5 Å². The number of likely N-dealkylation sites (N-methyl/N-ethyl adjacent to an activating group) is 1. The monoisotopic (exact) mass is 447 g/mol. The molecular weight excluding hydrogens is 414 g/mol. The Kier molecular flexibility index (Phi) is 6.62. The molecule has 2 fully saturated rings. The quantitative estimate of drug-likeness (QED) is 0.635. The highest BCUT2D eigenvalue weighted by atomic mass is 32.2. The van der Waals surface area contributed by atoms with Crippen LogP contribution < -0.4 is 4.90 Å². The molecular formula is C22H33N5O3S. The molecule has 3 heterocycles. The topological polar surface area (TPSA) is 86.7 Å². The number of anilines is 1. The number of piperazine rings is 1. The van der Waals surface area contributed by atoms with Gasteiger partial charge in [-0.15, -0.1) is 0 Å². The molecule has 31 heavy (non-hydrogen) atoms. The molecule has 0 N–H and O–H groups in total. The average molecular weight is 448 g/mol. The molecule has 2 saturated heterocycles. The molecule has 1 aliphatic carbocycles. The first-order valence-corrected chi connectivity index (χ1v) is 13.2. The Hall–Kier alpha value is -2.00. The summed E-state index contributed by atoms with van der Waals surface area (Å²) in [5.41, 5.74) is 0.622. The summed E-state index contributed by atoms with van der Waals surface area (Å²) in [4.78, 5) is 28.4. The van der Waals surface area contributed by atoms with Gasteiger partial charge in [0.1, 0.15) is 4.90 Å². The van der Waals surface area contributed by atoms with Gasteiger partial charge in [0.2, 0.25) is 11.9 Å². The molecule has 1 atom stereocenters. The zero-order chi connectivity index (χ0) is 22.0. The van der Waals surface area contributed by atoms with Crippen molar-refractivity contribution in [3.63, 3.8) is 0 Å². The second kappa shape index (κ2) is 9.24. The van der Waals surface area contributed by atoms with Crippen LogP contribution in [0.15, 0.2) is 23.2 Å². The Balaban J connectivity index is 1.48. The molecule has 0 radical (unpaired) electrons. The molecule has 4 rings (SSSR count). The van der Waals surface area contributed by atoms with Gasteiger partial charge in [0.15, 0.2) is 9.84 Å². The number of sulfone groups is 1. The molecule has 0 spiro atoms. The van der Waals surface area contributed by atoms with Crippen LogP contribution in [0.3, 0.4) is 0 Å². The molecule has 170 valence electrons. The van der Waals surface area contributed by atoms with Crippen LogP contribution in [0, 0.1) is 5.92 Å². The van der Waals surface area contributed by atoms with Gasteiger partial charge in [-0.1, -0.05) is 12.2 Å². The van der Waals surface area contributed by atoms with Crippen molar-refractivity contribution in [3.8, 4) is 0 Å². The van der Waals surface area contributed by atoms with Crippen LogP contribution in [0.2, 0.25) is 0 Å². The molecule has 8 nitrogen and oxygen atoms in total. The fourth-order valence-corrected chi connectivity index (χ4v) is 5.57. The number of rotatable bonds is 5. The lowest BCUT2D eigenvalue weighted by Gasteiger charge is -2.34. The summed E-state index contributed by atoms with van der Waals surface area (Å²) in [5, 5.41) is 0. The summed E-state index contributed by atoms with van der Waals surface area (Å²) >= 11 is 0. The normalized spacial score (nSPS) is 23.5. The van der Waals surface area contributed by atoms with E-state index in [0.717, 1.165) is 51.9 Å². The number of likely N-dealkylation sites (tertiary alicyclic amines) is 1. The lowest BCUT2D eigenvalue weighted by atomic mass is 9.92. The summed E-state index contributed by atoms with van der Waals surface area (Å²) in [6, 6.07) is 0.